The van der Waals surface area contributed by atoms with E-state index in [0.29, 0.717) is 0 Å². The van der Waals surface area contributed by atoms with Gasteiger partial charge in [0.1, 0.15) is 5.82 Å². The van der Waals surface area contributed by atoms with Gasteiger partial charge in [0.15, 0.2) is 0 Å². The van der Waals surface area contributed by atoms with E-state index in [2.05, 4.69) is 35.3 Å². The first-order valence-corrected chi connectivity index (χ1v) is 9.34. The summed E-state index contributed by atoms with van der Waals surface area (Å²) in [4.78, 5) is 11.3. The van der Waals surface area contributed by atoms with Gasteiger partial charge in [-0.1, -0.05) is 48.2 Å². The van der Waals surface area contributed by atoms with Crippen LogP contribution in [0.5, 0.6) is 0 Å². The number of alkyl halides is 3. The number of aromatic nitrogens is 7. The largest absolute Gasteiger partial charge is 0.573 e. The topological polar surface area (TPSA) is 92.6 Å². The molecule has 5 aromatic rings. The average Bonchev–Trinajstić information content (AvgIpc) is 3.52. The van der Waals surface area contributed by atoms with Crippen molar-refractivity contribution in [1.29, 1.82) is 0 Å². The zero-order valence-corrected chi connectivity index (χ0v) is 21.8. The fourth-order valence-corrected chi connectivity index (χ4v) is 2.65. The Balaban J connectivity index is 0.000000229. The molecule has 178 valence electrons. The predicted octanol–water partition coefficient (Wildman–Crippen LogP) is 4.28. The third-order valence-corrected chi connectivity index (χ3v) is 4.13. The van der Waals surface area contributed by atoms with E-state index in [1.807, 2.05) is 54.6 Å². The molecule has 0 saturated carbocycles. The van der Waals surface area contributed by atoms with Crippen LogP contribution in [0.15, 0.2) is 85.2 Å². The molecule has 2 radical (unpaired) electrons. The summed E-state index contributed by atoms with van der Waals surface area (Å²) in [7, 11) is 0. The van der Waals surface area contributed by atoms with E-state index in [1.165, 1.54) is 12.3 Å². The van der Waals surface area contributed by atoms with Crippen LogP contribution < -0.4 is 10.2 Å². The zero-order chi connectivity index (χ0) is 22.4. The molecule has 0 fully saturated rings. The second-order valence-electron chi connectivity index (χ2n) is 6.37. The molecule has 7 nitrogen and oxygen atoms in total. The maximum Gasteiger partial charge on any atom is 0.429 e. The average molecular weight is 818 g/mol. The van der Waals surface area contributed by atoms with Crippen LogP contribution in [0, 0.1) is 0 Å². The monoisotopic (exact) mass is 819 g/mol. The number of nitrogens with zero attached hydrogens (tertiary/aromatic N) is 7. The molecular formula is C22H14F3Ir2N7-2. The smallest absolute Gasteiger partial charge is 0.429 e. The Morgan fingerprint density at radius 2 is 1.26 bits per heavy atom. The molecule has 0 saturated heterocycles. The maximum atomic E-state index is 12.1. The third-order valence-electron chi connectivity index (χ3n) is 4.13. The van der Waals surface area contributed by atoms with Gasteiger partial charge >= 0.3 is 6.18 Å². The molecule has 0 amide bonds. The van der Waals surface area contributed by atoms with Crippen molar-refractivity contribution in [2.45, 2.75) is 6.18 Å². The Kier molecular flexibility index (Phi) is 9.95. The molecule has 4 heterocycles. The van der Waals surface area contributed by atoms with Crippen molar-refractivity contribution >= 4 is 0 Å². The van der Waals surface area contributed by atoms with Crippen molar-refractivity contribution in [3.63, 3.8) is 0 Å². The summed E-state index contributed by atoms with van der Waals surface area (Å²) >= 11 is 0. The molecule has 0 unspecified atom stereocenters. The van der Waals surface area contributed by atoms with Crippen LogP contribution in [-0.2, 0) is 46.4 Å². The van der Waals surface area contributed by atoms with Crippen LogP contribution in [0.25, 0.3) is 34.2 Å². The second-order valence-corrected chi connectivity index (χ2v) is 6.37. The summed E-state index contributed by atoms with van der Waals surface area (Å²) in [6, 6.07) is 22.5. The number of pyridine rings is 2. The Labute approximate surface area is 219 Å². The van der Waals surface area contributed by atoms with Crippen LogP contribution >= 0.6 is 0 Å². The molecule has 4 aromatic heterocycles. The van der Waals surface area contributed by atoms with Gasteiger partial charge < -0.3 is 20.3 Å². The summed E-state index contributed by atoms with van der Waals surface area (Å²) in [6.07, 6.45) is -1.37. The Morgan fingerprint density at radius 1 is 0.647 bits per heavy atom. The van der Waals surface area contributed by atoms with Gasteiger partial charge in [0, 0.05) is 64.0 Å². The van der Waals surface area contributed by atoms with Crippen LogP contribution in [0.4, 0.5) is 13.2 Å². The molecule has 0 aliphatic carbocycles. The quantitative estimate of drug-likeness (QED) is 0.269. The standard InChI is InChI=1S/C14H10N3.C8H4F3N4.2Ir/c1-2-6-11(7-3-1)13-10-14(17-16-13)12-8-4-5-9-15-12;9-8(10,11)7-13-6(14-15-7)5-3-1-2-4-12-5;;/h1-10H;1-4H;;/q2*-1;;. The fourth-order valence-electron chi connectivity index (χ4n) is 2.65. The molecule has 0 spiro atoms. The molecule has 5 rings (SSSR count). The SMILES string of the molecule is FC(F)(F)c1n[n-]c(-c2ccccn2)n1.[Ir].[Ir].c1ccc(-c2cc(-c3ccccn3)[n-]n2)cc1. The third kappa shape index (κ3) is 6.98. The van der Waals surface area contributed by atoms with E-state index >= 15 is 0 Å². The van der Waals surface area contributed by atoms with Gasteiger partial charge in [0.2, 0.25) is 0 Å². The number of benzene rings is 1. The van der Waals surface area contributed by atoms with Crippen molar-refractivity contribution in [1.82, 2.24) is 35.3 Å². The molecule has 0 bridgehead atoms. The minimum absolute atomic E-state index is 0. The predicted molar refractivity (Wildman–Crippen MR) is 110 cm³/mol. The minimum atomic E-state index is -4.57. The Hall–Kier alpha value is -3.04. The summed E-state index contributed by atoms with van der Waals surface area (Å²) in [5.41, 5.74) is 3.88. The van der Waals surface area contributed by atoms with Crippen LogP contribution in [0.1, 0.15) is 5.82 Å². The molecule has 0 N–H and O–H groups in total. The molecule has 1 aromatic carbocycles. The zero-order valence-electron chi connectivity index (χ0n) is 17.0. The first-order valence-electron chi connectivity index (χ1n) is 9.34. The van der Waals surface area contributed by atoms with Gasteiger partial charge in [-0.15, -0.1) is 0 Å². The number of hydrogen-bond donors (Lipinski definition) is 0. The van der Waals surface area contributed by atoms with Crippen molar-refractivity contribution in [3.8, 4) is 34.2 Å². The number of hydrogen-bond acceptors (Lipinski definition) is 5. The summed E-state index contributed by atoms with van der Waals surface area (Å²) in [6.45, 7) is 0. The van der Waals surface area contributed by atoms with Gasteiger partial charge in [-0.3, -0.25) is 15.1 Å². The van der Waals surface area contributed by atoms with Gasteiger partial charge in [-0.2, -0.15) is 13.2 Å². The van der Waals surface area contributed by atoms with Crippen molar-refractivity contribution in [2.75, 3.05) is 0 Å². The van der Waals surface area contributed by atoms with E-state index in [9.17, 15) is 13.2 Å². The van der Waals surface area contributed by atoms with Crippen LogP contribution in [0.2, 0.25) is 0 Å². The molecule has 0 aliphatic rings. The van der Waals surface area contributed by atoms with E-state index in [-0.39, 0.29) is 51.7 Å². The summed E-state index contributed by atoms with van der Waals surface area (Å²) < 4.78 is 36.4. The molecule has 0 atom stereocenters. The van der Waals surface area contributed by atoms with E-state index in [1.54, 1.807) is 18.3 Å². The van der Waals surface area contributed by atoms with Crippen molar-refractivity contribution in [3.05, 3.63) is 91.0 Å². The van der Waals surface area contributed by atoms with E-state index in [0.717, 1.165) is 22.6 Å². The molecular weight excluding hydrogens is 804 g/mol. The summed E-state index contributed by atoms with van der Waals surface area (Å²) in [5.74, 6) is -1.37. The van der Waals surface area contributed by atoms with Crippen LogP contribution in [-0.4, -0.2) is 25.1 Å². The van der Waals surface area contributed by atoms with Crippen LogP contribution in [0.3, 0.4) is 0 Å². The normalized spacial score (nSPS) is 10.3. The van der Waals surface area contributed by atoms with E-state index < -0.39 is 12.0 Å². The second kappa shape index (κ2) is 12.4. The minimum Gasteiger partial charge on any atom is -0.573 e. The molecule has 34 heavy (non-hydrogen) atoms. The Bertz CT molecular complexity index is 1210. The van der Waals surface area contributed by atoms with Gasteiger partial charge in [-0.25, -0.2) is 0 Å². The van der Waals surface area contributed by atoms with Crippen molar-refractivity contribution in [2.24, 2.45) is 0 Å². The number of rotatable bonds is 3. The van der Waals surface area contributed by atoms with Gasteiger partial charge in [-0.05, 0) is 41.7 Å². The van der Waals surface area contributed by atoms with Crippen molar-refractivity contribution < 1.29 is 53.4 Å². The van der Waals surface area contributed by atoms with E-state index in [4.69, 9.17) is 0 Å². The molecule has 0 aliphatic heterocycles. The van der Waals surface area contributed by atoms with Gasteiger partial charge in [0.05, 0.1) is 5.69 Å². The maximum absolute atomic E-state index is 12.1. The molecule has 12 heteroatoms. The summed E-state index contributed by atoms with van der Waals surface area (Å²) in [5, 5.41) is 14.6. The first kappa shape index (κ1) is 27.2. The first-order chi connectivity index (χ1) is 15.5. The van der Waals surface area contributed by atoms with Gasteiger partial charge in [0.25, 0.3) is 0 Å². The fraction of sp³-hybridized carbons (Fsp3) is 0.0455. The number of halogens is 3. The Morgan fingerprint density at radius 3 is 1.82 bits per heavy atom.